The number of hydrogen-bond donors (Lipinski definition) is 2. The fourth-order valence-corrected chi connectivity index (χ4v) is 3.48. The highest BCUT2D eigenvalue weighted by Gasteiger charge is 2.16. The number of halogens is 2. The van der Waals surface area contributed by atoms with Gasteiger partial charge in [0.15, 0.2) is 0 Å². The number of fused-ring (bicyclic) bond motifs is 1. The maximum absolute atomic E-state index is 9.37. The number of nitrogens with one attached hydrogen (secondary N) is 1. The van der Waals surface area contributed by atoms with Gasteiger partial charge < -0.3 is 10.4 Å². The average molecular weight is 398 g/mol. The van der Waals surface area contributed by atoms with E-state index in [4.69, 9.17) is 0 Å². The molecular formula is C18H22BrClN2O. The van der Waals surface area contributed by atoms with Crippen molar-refractivity contribution in [1.82, 2.24) is 4.90 Å². The monoisotopic (exact) mass is 396 g/mol. The summed E-state index contributed by atoms with van der Waals surface area (Å²) in [5.41, 5.74) is 5.27. The van der Waals surface area contributed by atoms with Crippen molar-refractivity contribution in [3.05, 3.63) is 63.6 Å². The van der Waals surface area contributed by atoms with Gasteiger partial charge in [0, 0.05) is 36.3 Å². The maximum atomic E-state index is 9.37. The van der Waals surface area contributed by atoms with Crippen LogP contribution in [0.4, 0.5) is 5.69 Å². The highest BCUT2D eigenvalue weighted by atomic mass is 79.9. The molecule has 0 aromatic heterocycles. The molecule has 23 heavy (non-hydrogen) atoms. The van der Waals surface area contributed by atoms with Gasteiger partial charge >= 0.3 is 0 Å². The lowest BCUT2D eigenvalue weighted by molar-refractivity contribution is 0.184. The fraction of sp³-hybridized carbons (Fsp3) is 0.333. The first-order valence-electron chi connectivity index (χ1n) is 7.68. The van der Waals surface area contributed by atoms with Crippen molar-refractivity contribution in [2.75, 3.05) is 25.0 Å². The molecule has 1 aliphatic rings. The fourth-order valence-electron chi connectivity index (χ4n) is 3.03. The molecule has 5 heteroatoms. The van der Waals surface area contributed by atoms with E-state index in [1.165, 1.54) is 22.4 Å². The van der Waals surface area contributed by atoms with Crippen LogP contribution < -0.4 is 5.32 Å². The van der Waals surface area contributed by atoms with Crippen molar-refractivity contribution in [2.24, 2.45) is 0 Å². The Morgan fingerprint density at radius 1 is 1.13 bits per heavy atom. The van der Waals surface area contributed by atoms with E-state index >= 15 is 0 Å². The summed E-state index contributed by atoms with van der Waals surface area (Å²) >= 11 is 3.52. The lowest BCUT2D eigenvalue weighted by Crippen LogP contribution is -2.26. The number of nitrogens with zero attached hydrogens (tertiary/aromatic N) is 1. The molecule has 2 N–H and O–H groups in total. The van der Waals surface area contributed by atoms with Crippen LogP contribution in [0.1, 0.15) is 16.7 Å². The standard InChI is InChI=1S/C18H21BrN2O.ClH/c19-17-6-1-3-14(11-17)12-21(9-10-22)13-16-5-2-4-15-7-8-20-18(15)16;/h1-6,11,20,22H,7-10,12-13H2;1H. The van der Waals surface area contributed by atoms with Crippen LogP contribution in [0.25, 0.3) is 0 Å². The normalized spacial score (nSPS) is 12.7. The molecule has 0 aliphatic carbocycles. The van der Waals surface area contributed by atoms with E-state index in [0.29, 0.717) is 6.54 Å². The van der Waals surface area contributed by atoms with Gasteiger partial charge in [-0.15, -0.1) is 12.4 Å². The SMILES string of the molecule is Cl.OCCN(Cc1cccc(Br)c1)Cc1cccc2c1NCC2. The predicted molar refractivity (Wildman–Crippen MR) is 101 cm³/mol. The van der Waals surface area contributed by atoms with Crippen molar-refractivity contribution >= 4 is 34.0 Å². The first-order valence-corrected chi connectivity index (χ1v) is 8.48. The molecule has 0 amide bonds. The van der Waals surface area contributed by atoms with Crippen LogP contribution in [0.15, 0.2) is 46.9 Å². The topological polar surface area (TPSA) is 35.5 Å². The summed E-state index contributed by atoms with van der Waals surface area (Å²) in [5, 5.41) is 12.9. The molecule has 124 valence electrons. The van der Waals surface area contributed by atoms with E-state index < -0.39 is 0 Å². The summed E-state index contributed by atoms with van der Waals surface area (Å²) in [6.45, 7) is 3.57. The summed E-state index contributed by atoms with van der Waals surface area (Å²) in [5.74, 6) is 0. The number of aliphatic hydroxyl groups excluding tert-OH is 1. The molecule has 0 unspecified atom stereocenters. The zero-order valence-corrected chi connectivity index (χ0v) is 15.4. The van der Waals surface area contributed by atoms with Crippen LogP contribution in [0.2, 0.25) is 0 Å². The van der Waals surface area contributed by atoms with E-state index in [9.17, 15) is 5.11 Å². The van der Waals surface area contributed by atoms with E-state index in [1.54, 1.807) is 0 Å². The molecule has 3 rings (SSSR count). The third-order valence-electron chi connectivity index (χ3n) is 4.04. The minimum absolute atomic E-state index is 0. The van der Waals surface area contributed by atoms with E-state index in [2.05, 4.69) is 62.5 Å². The van der Waals surface area contributed by atoms with Crippen molar-refractivity contribution in [3.8, 4) is 0 Å². The Labute approximate surface area is 152 Å². The molecule has 2 aromatic rings. The van der Waals surface area contributed by atoms with Crippen LogP contribution in [-0.2, 0) is 19.5 Å². The van der Waals surface area contributed by atoms with Gasteiger partial charge in [0.05, 0.1) is 6.61 Å². The van der Waals surface area contributed by atoms with Crippen LogP contribution in [0, 0.1) is 0 Å². The number of anilines is 1. The first kappa shape index (κ1) is 18.3. The average Bonchev–Trinajstić information content (AvgIpc) is 2.97. The second-order valence-corrected chi connectivity index (χ2v) is 6.61. The molecule has 0 spiro atoms. The minimum atomic E-state index is 0. The van der Waals surface area contributed by atoms with Crippen molar-refractivity contribution in [1.29, 1.82) is 0 Å². The van der Waals surface area contributed by atoms with Crippen LogP contribution in [-0.4, -0.2) is 29.7 Å². The highest BCUT2D eigenvalue weighted by Crippen LogP contribution is 2.27. The van der Waals surface area contributed by atoms with Crippen LogP contribution >= 0.6 is 28.3 Å². The van der Waals surface area contributed by atoms with Gasteiger partial charge in [-0.25, -0.2) is 0 Å². The Hall–Kier alpha value is -1.07. The van der Waals surface area contributed by atoms with Gasteiger partial charge in [-0.05, 0) is 35.2 Å². The maximum Gasteiger partial charge on any atom is 0.0558 e. The summed E-state index contributed by atoms with van der Waals surface area (Å²) < 4.78 is 1.09. The highest BCUT2D eigenvalue weighted by molar-refractivity contribution is 9.10. The molecule has 1 heterocycles. The Bertz CT molecular complexity index is 651. The van der Waals surface area contributed by atoms with Crippen molar-refractivity contribution < 1.29 is 5.11 Å². The second-order valence-electron chi connectivity index (χ2n) is 5.69. The first-order chi connectivity index (χ1) is 10.8. The van der Waals surface area contributed by atoms with Gasteiger partial charge in [0.2, 0.25) is 0 Å². The zero-order chi connectivity index (χ0) is 15.4. The van der Waals surface area contributed by atoms with E-state index in [-0.39, 0.29) is 19.0 Å². The van der Waals surface area contributed by atoms with Gasteiger partial charge in [0.1, 0.15) is 0 Å². The number of aliphatic hydroxyl groups is 1. The Morgan fingerprint density at radius 3 is 2.74 bits per heavy atom. The largest absolute Gasteiger partial charge is 0.395 e. The van der Waals surface area contributed by atoms with Crippen molar-refractivity contribution in [3.63, 3.8) is 0 Å². The zero-order valence-electron chi connectivity index (χ0n) is 13.0. The van der Waals surface area contributed by atoms with Gasteiger partial charge in [0.25, 0.3) is 0 Å². The summed E-state index contributed by atoms with van der Waals surface area (Å²) in [6.07, 6.45) is 1.11. The molecule has 0 saturated carbocycles. The quantitative estimate of drug-likeness (QED) is 0.777. The predicted octanol–water partition coefficient (Wildman–Crippen LogP) is 3.83. The molecule has 1 aliphatic heterocycles. The molecule has 0 atom stereocenters. The second kappa shape index (κ2) is 8.69. The summed E-state index contributed by atoms with van der Waals surface area (Å²) in [7, 11) is 0. The number of rotatable bonds is 6. The molecule has 2 aromatic carbocycles. The summed E-state index contributed by atoms with van der Waals surface area (Å²) in [6, 6.07) is 14.9. The van der Waals surface area contributed by atoms with Gasteiger partial charge in [-0.2, -0.15) is 0 Å². The Balaban J connectivity index is 0.00000192. The number of benzene rings is 2. The molecule has 0 radical (unpaired) electrons. The lowest BCUT2D eigenvalue weighted by Gasteiger charge is -2.23. The van der Waals surface area contributed by atoms with Crippen LogP contribution in [0.5, 0.6) is 0 Å². The van der Waals surface area contributed by atoms with E-state index in [0.717, 1.165) is 30.5 Å². The summed E-state index contributed by atoms with van der Waals surface area (Å²) in [4.78, 5) is 2.29. The molecule has 0 fully saturated rings. The number of hydrogen-bond acceptors (Lipinski definition) is 3. The number of para-hydroxylation sites is 1. The molecule has 0 saturated heterocycles. The minimum Gasteiger partial charge on any atom is -0.395 e. The third-order valence-corrected chi connectivity index (χ3v) is 4.53. The van der Waals surface area contributed by atoms with Crippen LogP contribution in [0.3, 0.4) is 0 Å². The third kappa shape index (κ3) is 4.70. The van der Waals surface area contributed by atoms with E-state index in [1.807, 2.05) is 6.07 Å². The van der Waals surface area contributed by atoms with Gasteiger partial charge in [-0.3, -0.25) is 4.90 Å². The molecule has 0 bridgehead atoms. The Morgan fingerprint density at radius 2 is 1.96 bits per heavy atom. The van der Waals surface area contributed by atoms with Gasteiger partial charge in [-0.1, -0.05) is 46.3 Å². The smallest absolute Gasteiger partial charge is 0.0558 e. The molecular weight excluding hydrogens is 376 g/mol. The molecule has 3 nitrogen and oxygen atoms in total. The van der Waals surface area contributed by atoms with Crippen molar-refractivity contribution in [2.45, 2.75) is 19.5 Å². The Kier molecular flexibility index (Phi) is 6.90. The lowest BCUT2D eigenvalue weighted by atomic mass is 10.1.